The zero-order chi connectivity index (χ0) is 86.1. The van der Waals surface area contributed by atoms with E-state index in [9.17, 15) is 0 Å². The first-order valence-corrected chi connectivity index (χ1v) is 45.6. The average molecular weight is 1680 g/mol. The van der Waals surface area contributed by atoms with Crippen molar-refractivity contribution < 1.29 is 18.9 Å². The highest BCUT2D eigenvalue weighted by Crippen LogP contribution is 2.47. The topological polar surface area (TPSA) is 56.6 Å². The van der Waals surface area contributed by atoms with Gasteiger partial charge in [0, 0.05) is 99.0 Å². The normalized spacial score (nSPS) is 13.0. The minimum Gasteiger partial charge on any atom is -0.458 e. The van der Waals surface area contributed by atoms with Crippen LogP contribution >= 0.6 is 0 Å². The van der Waals surface area contributed by atoms with Crippen LogP contribution in [-0.4, -0.2) is 45.1 Å². The standard InChI is InChI=1S/4C30H18BNO/c1-2-9-19(10-3-1)20-17-26-29-28(18-20)33-27-16-7-5-13-23(27)31(29)24-14-8-12-22-21-11-4-6-15-25(21)32(26)30(22)24;1-2-9-19(10-3-1)20-17-18-26-28-30(20)33-27-16-7-5-13-23(27)31(28)24-14-8-12-22-21-11-4-6-15-25(21)32(26)29(22)24;1-2-9-19(10-3-1)20-12-6-15-24-30(20)33-27-18-8-17-26-28(27)31(24)23-14-7-13-22-21-11-4-5-16-25(21)32(26)29(22)23;1-2-8-19(9-3-1)20-16-17-23-28(18-20)33-27-15-7-14-26-29(27)31(23)24-12-6-11-22-21-10-4-5-13-25(21)32(26)30(22)24/h4*1-18H. The third-order valence-electron chi connectivity index (χ3n) is 29.0. The van der Waals surface area contributed by atoms with Gasteiger partial charge in [-0.15, -0.1) is 0 Å². The summed E-state index contributed by atoms with van der Waals surface area (Å²) in [6.07, 6.45) is 0. The summed E-state index contributed by atoms with van der Waals surface area (Å²) in [6.45, 7) is 0.601. The minimum atomic E-state index is 0.143. The van der Waals surface area contributed by atoms with Crippen molar-refractivity contribution >= 4 is 180 Å². The molecule has 0 spiro atoms. The predicted molar refractivity (Wildman–Crippen MR) is 550 cm³/mol. The van der Waals surface area contributed by atoms with Gasteiger partial charge in [-0.05, 0) is 190 Å². The number of ether oxygens (including phenoxy) is 4. The van der Waals surface area contributed by atoms with Gasteiger partial charge in [0.2, 0.25) is 0 Å². The molecule has 0 saturated carbocycles. The number of benzene rings is 20. The first kappa shape index (κ1) is 73.1. The largest absolute Gasteiger partial charge is 0.458 e. The molecule has 0 fully saturated rings. The van der Waals surface area contributed by atoms with Crippen LogP contribution in [0, 0.1) is 0 Å². The lowest BCUT2D eigenvalue weighted by atomic mass is 9.34. The molecule has 0 saturated heterocycles. The summed E-state index contributed by atoms with van der Waals surface area (Å²) >= 11 is 0. The number of aromatic nitrogens is 4. The molecule has 0 bridgehead atoms. The third-order valence-corrected chi connectivity index (χ3v) is 29.0. The van der Waals surface area contributed by atoms with Gasteiger partial charge in [0.25, 0.3) is 26.9 Å². The maximum absolute atomic E-state index is 6.70. The van der Waals surface area contributed by atoms with Crippen LogP contribution in [0.4, 0.5) is 0 Å². The first-order valence-electron chi connectivity index (χ1n) is 45.6. The lowest BCUT2D eigenvalue weighted by molar-refractivity contribution is 0.487. The molecule has 0 aliphatic carbocycles. The van der Waals surface area contributed by atoms with Crippen molar-refractivity contribution in [2.24, 2.45) is 0 Å². The van der Waals surface area contributed by atoms with Crippen LogP contribution in [0.2, 0.25) is 0 Å². The van der Waals surface area contributed by atoms with Crippen molar-refractivity contribution in [3.05, 3.63) is 437 Å². The lowest BCUT2D eigenvalue weighted by Crippen LogP contribution is -2.58. The van der Waals surface area contributed by atoms with Gasteiger partial charge in [-0.2, -0.15) is 0 Å². The average Bonchev–Trinajstić information content (AvgIpc) is 1.49. The SMILES string of the molecule is c1ccc(-c2cc3c4c(c2)-n2c5ccccc5c5cccc(c52)B4c2ccccc2O3)cc1.c1ccc(-c2ccc3c(c2)Oc2cccc4c2B3c2cccc3c5ccccc5n-4c23)cc1.c1ccc(-c2ccc3c4c2Oc2ccccc2B4c2cccc4c5ccccc5n-3c24)cc1.c1ccc(-c2cccc3c2Oc2cccc4c2B3c2cccc3c5ccccc5n-4c23)cc1. The summed E-state index contributed by atoms with van der Waals surface area (Å²) < 4.78 is 36.3. The van der Waals surface area contributed by atoms with E-state index in [1.165, 1.54) is 209 Å². The van der Waals surface area contributed by atoms with Crippen molar-refractivity contribution in [3.63, 3.8) is 0 Å². The molecule has 12 heterocycles. The molecule has 608 valence electrons. The summed E-state index contributed by atoms with van der Waals surface area (Å²) in [4.78, 5) is 0. The molecule has 0 N–H and O–H groups in total. The Bertz CT molecular complexity index is 9080. The second-order valence-corrected chi connectivity index (χ2v) is 35.7. The highest BCUT2D eigenvalue weighted by Gasteiger charge is 2.46. The molecule has 132 heavy (non-hydrogen) atoms. The van der Waals surface area contributed by atoms with Crippen molar-refractivity contribution in [1.82, 2.24) is 18.3 Å². The number of hydrogen-bond donors (Lipinski definition) is 0. The van der Waals surface area contributed by atoms with Crippen molar-refractivity contribution in [3.8, 4) is 113 Å². The van der Waals surface area contributed by atoms with E-state index in [1.807, 2.05) is 0 Å². The van der Waals surface area contributed by atoms with E-state index in [0.717, 1.165) is 57.1 Å². The fraction of sp³-hybridized carbons (Fsp3) is 0. The lowest BCUT2D eigenvalue weighted by Gasteiger charge is -2.34. The Kier molecular flexibility index (Phi) is 15.7. The van der Waals surface area contributed by atoms with E-state index in [1.54, 1.807) is 0 Å². The molecule has 0 amide bonds. The van der Waals surface area contributed by atoms with Crippen LogP contribution in [0.15, 0.2) is 437 Å². The Labute approximate surface area is 761 Å². The third kappa shape index (κ3) is 10.4. The van der Waals surface area contributed by atoms with Gasteiger partial charge in [0.05, 0.1) is 22.1 Å². The molecule has 8 aliphatic heterocycles. The monoisotopic (exact) mass is 1680 g/mol. The Morgan fingerprint density at radius 3 is 0.977 bits per heavy atom. The van der Waals surface area contributed by atoms with E-state index in [-0.39, 0.29) is 26.9 Å². The zero-order valence-corrected chi connectivity index (χ0v) is 71.3. The van der Waals surface area contributed by atoms with Gasteiger partial charge in [0.1, 0.15) is 46.0 Å². The van der Waals surface area contributed by atoms with E-state index < -0.39 is 0 Å². The maximum atomic E-state index is 6.70. The molecule has 24 aromatic rings. The second-order valence-electron chi connectivity index (χ2n) is 35.7. The number of fused-ring (bicyclic) bond motifs is 28. The highest BCUT2D eigenvalue weighted by molar-refractivity contribution is 7.01. The van der Waals surface area contributed by atoms with Gasteiger partial charge in [0.15, 0.2) is 0 Å². The van der Waals surface area contributed by atoms with Crippen molar-refractivity contribution in [2.75, 3.05) is 0 Å². The summed E-state index contributed by atoms with van der Waals surface area (Å²) in [6, 6.07) is 156. The summed E-state index contributed by atoms with van der Waals surface area (Å²) in [5.41, 5.74) is 39.9. The van der Waals surface area contributed by atoms with E-state index in [0.29, 0.717) is 0 Å². The number of nitrogens with zero attached hydrogens (tertiary/aromatic N) is 4. The molecule has 8 aliphatic rings. The van der Waals surface area contributed by atoms with Crippen LogP contribution in [0.1, 0.15) is 0 Å². The summed E-state index contributed by atoms with van der Waals surface area (Å²) in [5.74, 6) is 7.66. The molecule has 4 aromatic heterocycles. The quantitative estimate of drug-likeness (QED) is 0.165. The summed E-state index contributed by atoms with van der Waals surface area (Å²) in [7, 11) is 0. The summed E-state index contributed by atoms with van der Waals surface area (Å²) in [5, 5.41) is 10.4. The molecule has 0 radical (unpaired) electrons. The van der Waals surface area contributed by atoms with Gasteiger partial charge in [-0.3, -0.25) is 0 Å². The molecular formula is C120H72B4N4O4. The second kappa shape index (κ2) is 28.3. The van der Waals surface area contributed by atoms with Gasteiger partial charge in [-0.25, -0.2) is 0 Å². The Balaban J connectivity index is 0.0000000862. The fourth-order valence-electron chi connectivity index (χ4n) is 23.7. The molecular weight excluding hydrogens is 1600 g/mol. The van der Waals surface area contributed by atoms with E-state index in [2.05, 4.69) is 455 Å². The molecule has 12 heteroatoms. The predicted octanol–water partition coefficient (Wildman–Crippen LogP) is 21.5. The van der Waals surface area contributed by atoms with Crippen LogP contribution in [0.3, 0.4) is 0 Å². The molecule has 32 rings (SSSR count). The highest BCUT2D eigenvalue weighted by atomic mass is 16.5. The molecule has 20 aromatic carbocycles. The van der Waals surface area contributed by atoms with Crippen LogP contribution < -0.4 is 84.5 Å². The van der Waals surface area contributed by atoms with Crippen molar-refractivity contribution in [2.45, 2.75) is 0 Å². The number of hydrogen-bond acceptors (Lipinski definition) is 4. The van der Waals surface area contributed by atoms with Crippen molar-refractivity contribution in [1.29, 1.82) is 0 Å². The number of rotatable bonds is 4. The zero-order valence-electron chi connectivity index (χ0n) is 71.3. The maximum Gasteiger partial charge on any atom is 0.256 e. The van der Waals surface area contributed by atoms with E-state index in [4.69, 9.17) is 18.9 Å². The Morgan fingerprint density at radius 2 is 0.477 bits per heavy atom. The Morgan fingerprint density at radius 1 is 0.159 bits per heavy atom. The molecule has 0 unspecified atom stereocenters. The van der Waals surface area contributed by atoms with E-state index >= 15 is 0 Å². The van der Waals surface area contributed by atoms with Crippen LogP contribution in [0.5, 0.6) is 46.0 Å². The Hall–Kier alpha value is -16.9. The van der Waals surface area contributed by atoms with Gasteiger partial charge < -0.3 is 37.2 Å². The molecule has 0 atom stereocenters. The first-order chi connectivity index (χ1) is 65.6. The van der Waals surface area contributed by atoms with Gasteiger partial charge >= 0.3 is 0 Å². The minimum absolute atomic E-state index is 0.143. The number of para-hydroxylation sites is 11. The fourth-order valence-corrected chi connectivity index (χ4v) is 23.7. The van der Waals surface area contributed by atoms with Crippen LogP contribution in [0.25, 0.3) is 154 Å². The van der Waals surface area contributed by atoms with Gasteiger partial charge in [-0.1, -0.05) is 346 Å². The smallest absolute Gasteiger partial charge is 0.256 e. The molecule has 8 nitrogen and oxygen atoms in total. The van der Waals surface area contributed by atoms with Crippen LogP contribution in [-0.2, 0) is 0 Å².